The molecule has 0 heterocycles. The number of hydrogen-bond donors (Lipinski definition) is 0. The number of amides is 1. The fourth-order valence-corrected chi connectivity index (χ4v) is 3.08. The third-order valence-electron chi connectivity index (χ3n) is 4.07. The number of halogens is 1. The van der Waals surface area contributed by atoms with Gasteiger partial charge in [-0.25, -0.2) is 0 Å². The number of rotatable bonds is 4. The molecule has 2 aromatic rings. The molecular weight excluding hydrogens is 342 g/mol. The lowest BCUT2D eigenvalue weighted by Crippen LogP contribution is -2.23. The van der Waals surface area contributed by atoms with Crippen LogP contribution in [0.5, 0.6) is 5.75 Å². The van der Waals surface area contributed by atoms with Crippen LogP contribution in [-0.2, 0) is 6.61 Å². The Kier molecular flexibility index (Phi) is 6.19. The van der Waals surface area contributed by atoms with E-state index in [0.717, 1.165) is 22.6 Å². The fraction of sp³-hybridized carbons (Fsp3) is 0.316. The highest BCUT2D eigenvalue weighted by Crippen LogP contribution is 2.31. The molecule has 5 heteroatoms. The maximum absolute atomic E-state index is 12.0. The quantitative estimate of drug-likeness (QED) is 0.691. The minimum Gasteiger partial charge on any atom is -0.488 e. The van der Waals surface area contributed by atoms with Crippen LogP contribution in [-0.4, -0.2) is 18.5 Å². The lowest BCUT2D eigenvalue weighted by Gasteiger charge is -2.21. The minimum absolute atomic E-state index is 0.0409. The van der Waals surface area contributed by atoms with E-state index in [1.807, 2.05) is 31.2 Å². The zero-order chi connectivity index (χ0) is 17.9. The first-order valence-electron chi connectivity index (χ1n) is 7.64. The second-order valence-corrected chi connectivity index (χ2v) is 6.92. The summed E-state index contributed by atoms with van der Waals surface area (Å²) in [6.07, 6.45) is 1.76. The molecule has 128 valence electrons. The van der Waals surface area contributed by atoms with E-state index in [1.165, 1.54) is 22.9 Å². The van der Waals surface area contributed by atoms with Gasteiger partial charge in [0.1, 0.15) is 12.4 Å². The molecular formula is C19H22ClNO2S. The number of aryl methyl sites for hydroxylation is 3. The number of carbonyl (C=O) groups is 1. The molecule has 0 fully saturated rings. The van der Waals surface area contributed by atoms with Gasteiger partial charge in [0.25, 0.3) is 5.24 Å². The Balaban J connectivity index is 2.30. The molecule has 0 aliphatic rings. The molecule has 0 aromatic heterocycles. The van der Waals surface area contributed by atoms with Crippen molar-refractivity contribution in [2.75, 3.05) is 18.2 Å². The number of anilines is 1. The standard InChI is InChI=1S/C19H22ClNO2S/c1-12-9-14(3)18(10-13(12)2)23-11-15-16(20)7-6-8-17(15)21(4)19(22)24-5/h6-10H,11H2,1-5H3. The molecule has 0 bridgehead atoms. The minimum atomic E-state index is -0.0409. The van der Waals surface area contributed by atoms with Crippen molar-refractivity contribution < 1.29 is 9.53 Å². The van der Waals surface area contributed by atoms with E-state index in [1.54, 1.807) is 18.2 Å². The van der Waals surface area contributed by atoms with Gasteiger partial charge < -0.3 is 9.64 Å². The summed E-state index contributed by atoms with van der Waals surface area (Å²) in [5, 5.41) is 0.551. The molecule has 0 aliphatic heterocycles. The molecule has 3 nitrogen and oxygen atoms in total. The van der Waals surface area contributed by atoms with Gasteiger partial charge in [-0.1, -0.05) is 35.5 Å². The van der Waals surface area contributed by atoms with E-state index in [4.69, 9.17) is 16.3 Å². The highest BCUT2D eigenvalue weighted by atomic mass is 35.5. The lowest BCUT2D eigenvalue weighted by atomic mass is 10.1. The van der Waals surface area contributed by atoms with Crippen molar-refractivity contribution in [3.63, 3.8) is 0 Å². The van der Waals surface area contributed by atoms with Gasteiger partial charge in [-0.3, -0.25) is 4.79 Å². The van der Waals surface area contributed by atoms with Crippen LogP contribution < -0.4 is 9.64 Å². The SMILES string of the molecule is CSC(=O)N(C)c1cccc(Cl)c1COc1cc(C)c(C)cc1C. The molecule has 0 saturated carbocycles. The van der Waals surface area contributed by atoms with Gasteiger partial charge in [0.2, 0.25) is 0 Å². The number of hydrogen-bond acceptors (Lipinski definition) is 3. The van der Waals surface area contributed by atoms with Crippen LogP contribution in [0.15, 0.2) is 30.3 Å². The Hall–Kier alpha value is -1.65. The highest BCUT2D eigenvalue weighted by molar-refractivity contribution is 8.13. The van der Waals surface area contributed by atoms with E-state index in [-0.39, 0.29) is 5.24 Å². The van der Waals surface area contributed by atoms with Crippen molar-refractivity contribution >= 4 is 34.3 Å². The highest BCUT2D eigenvalue weighted by Gasteiger charge is 2.16. The molecule has 2 aromatic carbocycles. The predicted octanol–water partition coefficient (Wildman–Crippen LogP) is 5.76. The average molecular weight is 364 g/mol. The van der Waals surface area contributed by atoms with Gasteiger partial charge in [0.15, 0.2) is 0 Å². The van der Waals surface area contributed by atoms with E-state index in [2.05, 4.69) is 19.9 Å². The smallest absolute Gasteiger partial charge is 0.285 e. The lowest BCUT2D eigenvalue weighted by molar-refractivity contribution is 0.266. The maximum atomic E-state index is 12.0. The second-order valence-electron chi connectivity index (χ2n) is 5.76. The second kappa shape index (κ2) is 7.95. The Labute approximate surface area is 153 Å². The van der Waals surface area contributed by atoms with E-state index in [0.29, 0.717) is 11.6 Å². The fourth-order valence-electron chi connectivity index (χ4n) is 2.48. The first-order chi connectivity index (χ1) is 11.3. The van der Waals surface area contributed by atoms with Crippen molar-refractivity contribution in [2.24, 2.45) is 0 Å². The monoisotopic (exact) mass is 363 g/mol. The van der Waals surface area contributed by atoms with Gasteiger partial charge in [0.05, 0.1) is 5.69 Å². The van der Waals surface area contributed by atoms with Crippen molar-refractivity contribution in [3.05, 3.63) is 57.6 Å². The number of ether oxygens (including phenoxy) is 1. The zero-order valence-corrected chi connectivity index (χ0v) is 16.2. The van der Waals surface area contributed by atoms with Crippen LogP contribution in [0.4, 0.5) is 10.5 Å². The van der Waals surface area contributed by atoms with Crippen molar-refractivity contribution in [1.29, 1.82) is 0 Å². The van der Waals surface area contributed by atoms with Crippen LogP contribution in [0.25, 0.3) is 0 Å². The summed E-state index contributed by atoms with van der Waals surface area (Å²) in [5.74, 6) is 0.836. The van der Waals surface area contributed by atoms with Gasteiger partial charge in [0, 0.05) is 17.6 Å². The molecule has 2 rings (SSSR count). The van der Waals surface area contributed by atoms with Crippen molar-refractivity contribution in [3.8, 4) is 5.75 Å². The van der Waals surface area contributed by atoms with E-state index in [9.17, 15) is 4.79 Å². The van der Waals surface area contributed by atoms with Gasteiger partial charge in [-0.05, 0) is 61.9 Å². The van der Waals surface area contributed by atoms with Crippen molar-refractivity contribution in [2.45, 2.75) is 27.4 Å². The molecule has 0 aliphatic carbocycles. The average Bonchev–Trinajstić information content (AvgIpc) is 2.56. The molecule has 0 saturated heterocycles. The number of benzene rings is 2. The molecule has 0 unspecified atom stereocenters. The Morgan fingerprint density at radius 1 is 1.17 bits per heavy atom. The summed E-state index contributed by atoms with van der Waals surface area (Å²) in [6.45, 7) is 6.48. The number of nitrogens with zero attached hydrogens (tertiary/aromatic N) is 1. The first kappa shape index (κ1) is 18.7. The first-order valence-corrected chi connectivity index (χ1v) is 9.25. The normalized spacial score (nSPS) is 10.6. The maximum Gasteiger partial charge on any atom is 0.285 e. The van der Waals surface area contributed by atoms with Gasteiger partial charge in [-0.15, -0.1) is 0 Å². The molecule has 1 amide bonds. The summed E-state index contributed by atoms with van der Waals surface area (Å²) in [7, 11) is 1.75. The third kappa shape index (κ3) is 4.05. The van der Waals surface area contributed by atoms with E-state index < -0.39 is 0 Å². The molecule has 24 heavy (non-hydrogen) atoms. The Bertz CT molecular complexity index is 761. The molecule has 0 N–H and O–H groups in total. The number of carbonyl (C=O) groups excluding carboxylic acids is 1. The predicted molar refractivity (Wildman–Crippen MR) is 104 cm³/mol. The Morgan fingerprint density at radius 3 is 2.50 bits per heavy atom. The van der Waals surface area contributed by atoms with Crippen molar-refractivity contribution in [1.82, 2.24) is 0 Å². The van der Waals surface area contributed by atoms with Crippen LogP contribution in [0, 0.1) is 20.8 Å². The molecule has 0 radical (unpaired) electrons. The summed E-state index contributed by atoms with van der Waals surface area (Å²) in [6, 6.07) is 9.69. The van der Waals surface area contributed by atoms with E-state index >= 15 is 0 Å². The Morgan fingerprint density at radius 2 is 1.83 bits per heavy atom. The molecule has 0 spiro atoms. The van der Waals surface area contributed by atoms with Gasteiger partial charge >= 0.3 is 0 Å². The molecule has 0 atom stereocenters. The third-order valence-corrected chi connectivity index (χ3v) is 5.04. The largest absolute Gasteiger partial charge is 0.488 e. The summed E-state index contributed by atoms with van der Waals surface area (Å²) >= 11 is 7.52. The van der Waals surface area contributed by atoms with Crippen LogP contribution in [0.2, 0.25) is 5.02 Å². The van der Waals surface area contributed by atoms with Crippen LogP contribution >= 0.6 is 23.4 Å². The van der Waals surface area contributed by atoms with Crippen LogP contribution in [0.3, 0.4) is 0 Å². The zero-order valence-electron chi connectivity index (χ0n) is 14.6. The topological polar surface area (TPSA) is 29.5 Å². The summed E-state index contributed by atoms with van der Waals surface area (Å²) in [5.41, 5.74) is 5.08. The number of thioether (sulfide) groups is 1. The van der Waals surface area contributed by atoms with Crippen LogP contribution in [0.1, 0.15) is 22.3 Å². The summed E-state index contributed by atoms with van der Waals surface area (Å²) in [4.78, 5) is 13.6. The summed E-state index contributed by atoms with van der Waals surface area (Å²) < 4.78 is 6.01. The van der Waals surface area contributed by atoms with Gasteiger partial charge in [-0.2, -0.15) is 0 Å².